The molecule has 3 aromatic rings. The largest absolute Gasteiger partial charge is 0.573 e. The molecule has 0 N–H and O–H groups in total. The van der Waals surface area contributed by atoms with E-state index < -0.39 is 17.9 Å². The summed E-state index contributed by atoms with van der Waals surface area (Å²) in [4.78, 5) is 30.2. The minimum Gasteiger partial charge on any atom is -0.476 e. The van der Waals surface area contributed by atoms with Crippen LogP contribution in [0.3, 0.4) is 0 Å². The van der Waals surface area contributed by atoms with E-state index in [1.54, 1.807) is 57.2 Å². The number of hydrogen-bond acceptors (Lipinski definition) is 7. The van der Waals surface area contributed by atoms with E-state index in [1.165, 1.54) is 25.3 Å². The monoisotopic (exact) mass is 544 g/mol. The average Bonchev–Trinajstić information content (AvgIpc) is 2.87. The Balaban J connectivity index is 1.72. The van der Waals surface area contributed by atoms with Gasteiger partial charge in [-0.25, -0.2) is 9.78 Å². The molecule has 0 aliphatic rings. The maximum atomic E-state index is 12.5. The average molecular weight is 545 g/mol. The minimum atomic E-state index is -4.76. The van der Waals surface area contributed by atoms with Crippen molar-refractivity contribution in [2.75, 3.05) is 18.1 Å². The summed E-state index contributed by atoms with van der Waals surface area (Å²) in [6.45, 7) is 7.64. The van der Waals surface area contributed by atoms with Crippen molar-refractivity contribution < 1.29 is 37.0 Å². The van der Waals surface area contributed by atoms with E-state index in [0.717, 1.165) is 11.1 Å². The molecule has 1 heterocycles. The quantitative estimate of drug-likeness (QED) is 0.200. The number of hydrogen-bond donors (Lipinski definition) is 0. The van der Waals surface area contributed by atoms with E-state index in [0.29, 0.717) is 36.6 Å². The van der Waals surface area contributed by atoms with Crippen LogP contribution in [0.2, 0.25) is 0 Å². The second-order valence-corrected chi connectivity index (χ2v) is 9.30. The van der Waals surface area contributed by atoms with Crippen molar-refractivity contribution in [1.82, 2.24) is 4.98 Å². The smallest absolute Gasteiger partial charge is 0.476 e. The fraction of sp³-hybridized carbons (Fsp3) is 0.345. The number of carbonyl (C=O) groups excluding carboxylic acids is 2. The highest BCUT2D eigenvalue weighted by Gasteiger charge is 2.32. The van der Waals surface area contributed by atoms with Crippen molar-refractivity contribution in [1.29, 1.82) is 0 Å². The number of Topliss-reactive ketones (excluding diaryl/α,β-unsaturated/α-hetero) is 1. The number of benzene rings is 2. The number of halogens is 3. The Labute approximate surface area is 225 Å². The maximum absolute atomic E-state index is 12.5. The molecule has 0 saturated carbocycles. The number of alkyl halides is 3. The first-order valence-corrected chi connectivity index (χ1v) is 12.4. The van der Waals surface area contributed by atoms with Gasteiger partial charge in [-0.1, -0.05) is 24.3 Å². The van der Waals surface area contributed by atoms with Crippen LogP contribution in [0.25, 0.3) is 0 Å². The number of rotatable bonds is 12. The highest BCUT2D eigenvalue weighted by molar-refractivity contribution is 5.93. The van der Waals surface area contributed by atoms with Crippen LogP contribution in [0, 0.1) is 0 Å². The van der Waals surface area contributed by atoms with E-state index in [1.807, 2.05) is 17.0 Å². The number of ether oxygens (including phenoxy) is 3. The molecule has 39 heavy (non-hydrogen) atoms. The van der Waals surface area contributed by atoms with Crippen LogP contribution in [0.15, 0.2) is 66.9 Å². The SMILES string of the molecule is CCOC(=O)C(C)(C)Oc1ccc(CCN(Cc2ccc(OC(F)(F)F)cc2)c2ccc(C(C)=O)cn2)cc1. The summed E-state index contributed by atoms with van der Waals surface area (Å²) >= 11 is 0. The van der Waals surface area contributed by atoms with Gasteiger partial charge in [-0.3, -0.25) is 4.79 Å². The van der Waals surface area contributed by atoms with Gasteiger partial charge < -0.3 is 19.1 Å². The third-order valence-corrected chi connectivity index (χ3v) is 5.74. The van der Waals surface area contributed by atoms with Crippen LogP contribution in [-0.2, 0) is 22.5 Å². The summed E-state index contributed by atoms with van der Waals surface area (Å²) in [6, 6.07) is 16.4. The Hall–Kier alpha value is -4.08. The second kappa shape index (κ2) is 12.6. The van der Waals surface area contributed by atoms with Gasteiger partial charge in [0.1, 0.15) is 17.3 Å². The predicted molar refractivity (Wildman–Crippen MR) is 140 cm³/mol. The van der Waals surface area contributed by atoms with Crippen LogP contribution in [-0.4, -0.2) is 41.9 Å². The van der Waals surface area contributed by atoms with Crippen LogP contribution >= 0.6 is 0 Å². The molecule has 1 aromatic heterocycles. The van der Waals surface area contributed by atoms with Crippen molar-refractivity contribution in [3.8, 4) is 11.5 Å². The highest BCUT2D eigenvalue weighted by atomic mass is 19.4. The van der Waals surface area contributed by atoms with E-state index in [2.05, 4.69) is 9.72 Å². The Kier molecular flexibility index (Phi) is 9.56. The summed E-state index contributed by atoms with van der Waals surface area (Å²) < 4.78 is 52.3. The number of ketones is 1. The fourth-order valence-electron chi connectivity index (χ4n) is 3.70. The Morgan fingerprint density at radius 1 is 0.872 bits per heavy atom. The van der Waals surface area contributed by atoms with Crippen molar-refractivity contribution in [3.63, 3.8) is 0 Å². The molecule has 10 heteroatoms. The molecule has 2 aromatic carbocycles. The molecular weight excluding hydrogens is 513 g/mol. The molecule has 208 valence electrons. The number of carbonyl (C=O) groups is 2. The third kappa shape index (κ3) is 9.01. The number of nitrogens with zero attached hydrogens (tertiary/aromatic N) is 2. The Morgan fingerprint density at radius 2 is 1.46 bits per heavy atom. The summed E-state index contributed by atoms with van der Waals surface area (Å²) in [5, 5.41) is 0. The molecule has 0 aliphatic carbocycles. The lowest BCUT2D eigenvalue weighted by atomic mass is 10.1. The molecule has 0 spiro atoms. The van der Waals surface area contributed by atoms with Crippen molar-refractivity contribution in [3.05, 3.63) is 83.6 Å². The van der Waals surface area contributed by atoms with Gasteiger partial charge in [0, 0.05) is 24.8 Å². The number of pyridine rings is 1. The number of anilines is 1. The Bertz CT molecular complexity index is 1240. The molecule has 0 bridgehead atoms. The summed E-state index contributed by atoms with van der Waals surface area (Å²) in [6.07, 6.45) is -2.64. The van der Waals surface area contributed by atoms with Crippen molar-refractivity contribution in [2.45, 2.75) is 52.6 Å². The summed E-state index contributed by atoms with van der Waals surface area (Å²) in [5.41, 5.74) is 1.10. The molecule has 0 fully saturated rings. The number of aromatic nitrogens is 1. The van der Waals surface area contributed by atoms with Gasteiger partial charge in [0.15, 0.2) is 11.4 Å². The molecule has 0 amide bonds. The molecule has 0 aliphatic heterocycles. The number of esters is 1. The summed E-state index contributed by atoms with van der Waals surface area (Å²) in [5.74, 6) is 0.290. The lowest BCUT2D eigenvalue weighted by Gasteiger charge is -2.25. The fourth-order valence-corrected chi connectivity index (χ4v) is 3.70. The second-order valence-electron chi connectivity index (χ2n) is 9.30. The van der Waals surface area contributed by atoms with Crippen LogP contribution in [0.5, 0.6) is 11.5 Å². The van der Waals surface area contributed by atoms with Gasteiger partial charge in [-0.05, 0) is 81.6 Å². The van der Waals surface area contributed by atoms with E-state index in [9.17, 15) is 22.8 Å². The topological polar surface area (TPSA) is 78.0 Å². The van der Waals surface area contributed by atoms with E-state index in [-0.39, 0.29) is 18.1 Å². The standard InChI is InChI=1S/C29H31F3N2O5/c1-5-37-27(36)28(3,4)38-24-11-6-21(7-12-24)16-17-34(26-15-10-23(18-33-26)20(2)35)19-22-8-13-25(14-9-22)39-29(30,31)32/h6-15,18H,5,16-17,19H2,1-4H3. The first-order valence-electron chi connectivity index (χ1n) is 12.4. The summed E-state index contributed by atoms with van der Waals surface area (Å²) in [7, 11) is 0. The van der Waals surface area contributed by atoms with Gasteiger partial charge in [-0.15, -0.1) is 13.2 Å². The van der Waals surface area contributed by atoms with Gasteiger partial charge in [0.2, 0.25) is 0 Å². The van der Waals surface area contributed by atoms with Crippen LogP contribution < -0.4 is 14.4 Å². The first kappa shape index (κ1) is 29.5. The van der Waals surface area contributed by atoms with Crippen molar-refractivity contribution >= 4 is 17.6 Å². The van der Waals surface area contributed by atoms with Crippen molar-refractivity contribution in [2.24, 2.45) is 0 Å². The van der Waals surface area contributed by atoms with Gasteiger partial charge in [-0.2, -0.15) is 0 Å². The van der Waals surface area contributed by atoms with Gasteiger partial charge in [0.05, 0.1) is 6.61 Å². The van der Waals surface area contributed by atoms with Crippen LogP contribution in [0.1, 0.15) is 49.2 Å². The molecule has 0 unspecified atom stereocenters. The third-order valence-electron chi connectivity index (χ3n) is 5.74. The van der Waals surface area contributed by atoms with Gasteiger partial charge >= 0.3 is 12.3 Å². The maximum Gasteiger partial charge on any atom is 0.573 e. The zero-order valence-corrected chi connectivity index (χ0v) is 22.2. The zero-order chi connectivity index (χ0) is 28.6. The van der Waals surface area contributed by atoms with Gasteiger partial charge in [0.25, 0.3) is 0 Å². The minimum absolute atomic E-state index is 0.103. The molecule has 7 nitrogen and oxygen atoms in total. The Morgan fingerprint density at radius 3 is 1.97 bits per heavy atom. The lowest BCUT2D eigenvalue weighted by Crippen LogP contribution is -2.39. The first-order chi connectivity index (χ1) is 18.4. The molecule has 0 atom stereocenters. The molecule has 0 radical (unpaired) electrons. The highest BCUT2D eigenvalue weighted by Crippen LogP contribution is 2.25. The predicted octanol–water partition coefficient (Wildman–Crippen LogP) is 6.15. The van der Waals surface area contributed by atoms with Crippen LogP contribution in [0.4, 0.5) is 19.0 Å². The van der Waals surface area contributed by atoms with E-state index >= 15 is 0 Å². The van der Waals surface area contributed by atoms with E-state index in [4.69, 9.17) is 9.47 Å². The normalized spacial score (nSPS) is 11.6. The molecular formula is C29H31F3N2O5. The molecule has 0 saturated heterocycles. The molecule has 3 rings (SSSR count). The lowest BCUT2D eigenvalue weighted by molar-refractivity contribution is -0.274. The zero-order valence-electron chi connectivity index (χ0n) is 22.2.